The summed E-state index contributed by atoms with van der Waals surface area (Å²) in [6, 6.07) is 0. The Morgan fingerprint density at radius 2 is 2.67 bits per heavy atom. The van der Waals surface area contributed by atoms with Crippen molar-refractivity contribution >= 4 is 5.97 Å². The van der Waals surface area contributed by atoms with Gasteiger partial charge in [-0.15, -0.1) is 0 Å². The predicted molar refractivity (Wildman–Crippen MR) is 30.7 cm³/mol. The van der Waals surface area contributed by atoms with E-state index in [0.29, 0.717) is 13.2 Å². The molecule has 0 aromatic carbocycles. The van der Waals surface area contributed by atoms with E-state index in [1.807, 2.05) is 6.42 Å². The summed E-state index contributed by atoms with van der Waals surface area (Å²) < 4.78 is 9.72. The molecule has 1 unspecified atom stereocenters. The van der Waals surface area contributed by atoms with Crippen LogP contribution in [-0.4, -0.2) is 25.3 Å². The third-order valence-corrected chi connectivity index (χ3v) is 1.08. The van der Waals surface area contributed by atoms with E-state index in [9.17, 15) is 4.79 Å². The number of hydrogen-bond acceptors (Lipinski definition) is 3. The minimum atomic E-state index is -0.248. The van der Waals surface area contributed by atoms with Gasteiger partial charge >= 0.3 is 5.97 Å². The van der Waals surface area contributed by atoms with Crippen molar-refractivity contribution in [2.75, 3.05) is 13.2 Å². The smallest absolute Gasteiger partial charge is 0.302 e. The molecule has 1 fully saturated rings. The second-order valence-corrected chi connectivity index (χ2v) is 1.92. The number of carbonyl (C=O) groups is 1. The monoisotopic (exact) mass is 129 g/mol. The van der Waals surface area contributed by atoms with Gasteiger partial charge in [-0.2, -0.15) is 0 Å². The lowest BCUT2D eigenvalue weighted by Crippen LogP contribution is -2.15. The molecule has 1 saturated heterocycles. The highest BCUT2D eigenvalue weighted by Gasteiger charge is 2.17. The van der Waals surface area contributed by atoms with Gasteiger partial charge < -0.3 is 9.47 Å². The van der Waals surface area contributed by atoms with Gasteiger partial charge in [0.25, 0.3) is 0 Å². The Labute approximate surface area is 53.9 Å². The van der Waals surface area contributed by atoms with Crippen LogP contribution in [0.5, 0.6) is 0 Å². The fourth-order valence-corrected chi connectivity index (χ4v) is 0.723. The van der Waals surface area contributed by atoms with Crippen molar-refractivity contribution in [1.29, 1.82) is 0 Å². The van der Waals surface area contributed by atoms with E-state index in [0.717, 1.165) is 0 Å². The summed E-state index contributed by atoms with van der Waals surface area (Å²) in [5, 5.41) is 0. The van der Waals surface area contributed by atoms with Crippen LogP contribution in [0.25, 0.3) is 0 Å². The van der Waals surface area contributed by atoms with Crippen LogP contribution in [0, 0.1) is 6.42 Å². The summed E-state index contributed by atoms with van der Waals surface area (Å²) >= 11 is 0. The Morgan fingerprint density at radius 3 is 3.11 bits per heavy atom. The maximum Gasteiger partial charge on any atom is 0.302 e. The number of hydrogen-bond donors (Lipinski definition) is 0. The van der Waals surface area contributed by atoms with Gasteiger partial charge in [0.15, 0.2) is 0 Å². The highest BCUT2D eigenvalue weighted by atomic mass is 16.6. The highest BCUT2D eigenvalue weighted by Crippen LogP contribution is 2.06. The van der Waals surface area contributed by atoms with Gasteiger partial charge in [0.1, 0.15) is 6.10 Å². The molecule has 3 nitrogen and oxygen atoms in total. The molecule has 0 bridgehead atoms. The minimum absolute atomic E-state index is 0.109. The molecule has 1 rings (SSSR count). The van der Waals surface area contributed by atoms with E-state index in [-0.39, 0.29) is 12.1 Å². The first kappa shape index (κ1) is 6.55. The van der Waals surface area contributed by atoms with Crippen molar-refractivity contribution in [3.05, 3.63) is 6.42 Å². The topological polar surface area (TPSA) is 35.5 Å². The van der Waals surface area contributed by atoms with Gasteiger partial charge in [0, 0.05) is 13.3 Å². The van der Waals surface area contributed by atoms with Crippen LogP contribution < -0.4 is 0 Å². The summed E-state index contributed by atoms with van der Waals surface area (Å²) in [4.78, 5) is 10.3. The Kier molecular flexibility index (Phi) is 2.05. The zero-order valence-electron chi connectivity index (χ0n) is 5.29. The second-order valence-electron chi connectivity index (χ2n) is 1.92. The maximum absolute atomic E-state index is 10.3. The summed E-state index contributed by atoms with van der Waals surface area (Å²) in [6.07, 6.45) is 1.73. The van der Waals surface area contributed by atoms with Gasteiger partial charge in [0.2, 0.25) is 0 Å². The zero-order chi connectivity index (χ0) is 6.69. The molecule has 1 aliphatic heterocycles. The van der Waals surface area contributed by atoms with E-state index in [2.05, 4.69) is 0 Å². The fourth-order valence-electron chi connectivity index (χ4n) is 0.723. The number of rotatable bonds is 1. The normalized spacial score (nSPS) is 26.1. The Morgan fingerprint density at radius 1 is 1.89 bits per heavy atom. The number of esters is 1. The summed E-state index contributed by atoms with van der Waals surface area (Å²) in [6.45, 7) is 2.50. The SMILES string of the molecule is CC(=O)OC1[CH]COC1. The molecule has 0 aromatic rings. The summed E-state index contributed by atoms with van der Waals surface area (Å²) in [5.41, 5.74) is 0. The molecule has 0 N–H and O–H groups in total. The first-order valence-electron chi connectivity index (χ1n) is 2.87. The Bertz CT molecular complexity index is 105. The molecule has 51 valence electrons. The lowest BCUT2D eigenvalue weighted by molar-refractivity contribution is -0.145. The first-order valence-corrected chi connectivity index (χ1v) is 2.87. The third kappa shape index (κ3) is 2.01. The average molecular weight is 129 g/mol. The molecule has 0 spiro atoms. The molecule has 9 heavy (non-hydrogen) atoms. The first-order chi connectivity index (χ1) is 4.29. The lowest BCUT2D eigenvalue weighted by Gasteiger charge is -2.05. The Balaban J connectivity index is 2.19. The van der Waals surface area contributed by atoms with Crippen LogP contribution in [0.4, 0.5) is 0 Å². The van der Waals surface area contributed by atoms with Crippen molar-refractivity contribution < 1.29 is 14.3 Å². The van der Waals surface area contributed by atoms with Gasteiger partial charge in [-0.1, -0.05) is 0 Å². The van der Waals surface area contributed by atoms with Gasteiger partial charge in [-0.3, -0.25) is 4.79 Å². The van der Waals surface area contributed by atoms with Crippen molar-refractivity contribution in [2.24, 2.45) is 0 Å². The van der Waals surface area contributed by atoms with Gasteiger partial charge in [-0.05, 0) is 0 Å². The van der Waals surface area contributed by atoms with E-state index in [1.54, 1.807) is 0 Å². The zero-order valence-corrected chi connectivity index (χ0v) is 5.29. The molecule has 3 heteroatoms. The van der Waals surface area contributed by atoms with Crippen molar-refractivity contribution in [3.8, 4) is 0 Å². The summed E-state index contributed by atoms with van der Waals surface area (Å²) in [7, 11) is 0. The molecule has 1 radical (unpaired) electrons. The van der Waals surface area contributed by atoms with Gasteiger partial charge in [0.05, 0.1) is 13.2 Å². The molecular weight excluding hydrogens is 120 g/mol. The molecule has 0 aromatic heterocycles. The molecule has 1 aliphatic rings. The average Bonchev–Trinajstić information content (AvgIpc) is 2.15. The molecule has 0 aliphatic carbocycles. The third-order valence-electron chi connectivity index (χ3n) is 1.08. The molecule has 0 saturated carbocycles. The van der Waals surface area contributed by atoms with E-state index in [4.69, 9.17) is 9.47 Å². The highest BCUT2D eigenvalue weighted by molar-refractivity contribution is 5.66. The summed E-state index contributed by atoms with van der Waals surface area (Å²) in [5.74, 6) is -0.248. The standard InChI is InChI=1S/C6H9O3/c1-5(7)9-6-2-3-8-4-6/h2,6H,3-4H2,1H3. The van der Waals surface area contributed by atoms with E-state index >= 15 is 0 Å². The van der Waals surface area contributed by atoms with Gasteiger partial charge in [-0.25, -0.2) is 0 Å². The van der Waals surface area contributed by atoms with Crippen molar-refractivity contribution in [2.45, 2.75) is 13.0 Å². The lowest BCUT2D eigenvalue weighted by atomic mass is 10.3. The predicted octanol–water partition coefficient (Wildman–Crippen LogP) is 0.153. The van der Waals surface area contributed by atoms with Crippen LogP contribution in [0.2, 0.25) is 0 Å². The molecule has 1 heterocycles. The second kappa shape index (κ2) is 2.82. The minimum Gasteiger partial charge on any atom is -0.460 e. The van der Waals surface area contributed by atoms with Crippen LogP contribution in [0.1, 0.15) is 6.92 Å². The van der Waals surface area contributed by atoms with E-state index < -0.39 is 0 Å². The molecular formula is C6H9O3. The fraction of sp³-hybridized carbons (Fsp3) is 0.667. The van der Waals surface area contributed by atoms with Crippen molar-refractivity contribution in [3.63, 3.8) is 0 Å². The number of carbonyl (C=O) groups excluding carboxylic acids is 1. The Hall–Kier alpha value is -0.570. The van der Waals surface area contributed by atoms with Crippen molar-refractivity contribution in [1.82, 2.24) is 0 Å². The largest absolute Gasteiger partial charge is 0.460 e. The van der Waals surface area contributed by atoms with Crippen LogP contribution in [0.15, 0.2) is 0 Å². The van der Waals surface area contributed by atoms with E-state index in [1.165, 1.54) is 6.92 Å². The van der Waals surface area contributed by atoms with Crippen LogP contribution in [0.3, 0.4) is 0 Å². The quantitative estimate of drug-likeness (QED) is 0.473. The molecule has 0 amide bonds. The number of ether oxygens (including phenoxy) is 2. The maximum atomic E-state index is 10.3. The molecule has 1 atom stereocenters. The van der Waals surface area contributed by atoms with Crippen LogP contribution >= 0.6 is 0 Å². The van der Waals surface area contributed by atoms with Crippen LogP contribution in [-0.2, 0) is 14.3 Å².